The molecule has 6 nitrogen and oxygen atoms in total. The summed E-state index contributed by atoms with van der Waals surface area (Å²) in [6.07, 6.45) is 2.52. The van der Waals surface area contributed by atoms with Gasteiger partial charge in [-0.3, -0.25) is 4.79 Å². The van der Waals surface area contributed by atoms with Gasteiger partial charge in [0.15, 0.2) is 18.1 Å². The fraction of sp³-hybridized carbons (Fsp3) is 0.562. The van der Waals surface area contributed by atoms with Crippen LogP contribution in [-0.4, -0.2) is 43.3 Å². The van der Waals surface area contributed by atoms with E-state index in [0.29, 0.717) is 29.7 Å². The van der Waals surface area contributed by atoms with Gasteiger partial charge in [0.2, 0.25) is 6.79 Å². The molecule has 1 aromatic carbocycles. The lowest BCUT2D eigenvalue weighted by atomic mass is 9.99. The lowest BCUT2D eigenvalue weighted by Crippen LogP contribution is -2.35. The Bertz CT molecular complexity index is 588. The normalized spacial score (nSPS) is 26.3. The third-order valence-corrected chi connectivity index (χ3v) is 4.70. The topological polar surface area (TPSA) is 74.0 Å². The van der Waals surface area contributed by atoms with Crippen LogP contribution in [0.15, 0.2) is 18.2 Å². The van der Waals surface area contributed by atoms with Gasteiger partial charge in [0.1, 0.15) is 5.75 Å². The van der Waals surface area contributed by atoms with Gasteiger partial charge >= 0.3 is 0 Å². The summed E-state index contributed by atoms with van der Waals surface area (Å²) in [5.41, 5.74) is 6.15. The Kier molecular flexibility index (Phi) is 3.33. The van der Waals surface area contributed by atoms with E-state index >= 15 is 0 Å². The van der Waals surface area contributed by atoms with Crippen molar-refractivity contribution in [3.8, 4) is 17.2 Å². The average molecular weight is 304 g/mol. The summed E-state index contributed by atoms with van der Waals surface area (Å²) in [5, 5.41) is 0. The van der Waals surface area contributed by atoms with E-state index < -0.39 is 0 Å². The van der Waals surface area contributed by atoms with Crippen LogP contribution in [0, 0.1) is 11.8 Å². The molecule has 118 valence electrons. The highest BCUT2D eigenvalue weighted by atomic mass is 16.7. The Hall–Kier alpha value is -1.95. The van der Waals surface area contributed by atoms with Crippen molar-refractivity contribution < 1.29 is 19.0 Å². The minimum atomic E-state index is -0.00346. The molecule has 0 spiro atoms. The Morgan fingerprint density at radius 1 is 1.27 bits per heavy atom. The van der Waals surface area contributed by atoms with Crippen molar-refractivity contribution in [3.05, 3.63) is 18.2 Å². The molecule has 3 aliphatic rings. The van der Waals surface area contributed by atoms with Crippen LogP contribution in [0.25, 0.3) is 0 Å². The average Bonchev–Trinajstić information content (AvgIpc) is 3.12. The molecule has 0 unspecified atom stereocenters. The van der Waals surface area contributed by atoms with Crippen LogP contribution in [0.4, 0.5) is 0 Å². The second-order valence-electron chi connectivity index (χ2n) is 6.27. The Labute approximate surface area is 129 Å². The maximum absolute atomic E-state index is 12.3. The number of fused-ring (bicyclic) bond motifs is 1. The molecular weight excluding hydrogens is 284 g/mol. The molecule has 1 saturated heterocycles. The van der Waals surface area contributed by atoms with Gasteiger partial charge in [-0.2, -0.15) is 0 Å². The highest BCUT2D eigenvalue weighted by Gasteiger charge is 2.42. The van der Waals surface area contributed by atoms with E-state index in [-0.39, 0.29) is 25.3 Å². The summed E-state index contributed by atoms with van der Waals surface area (Å²) < 4.78 is 16.1. The van der Waals surface area contributed by atoms with Crippen LogP contribution in [0.2, 0.25) is 0 Å². The first-order valence-corrected chi connectivity index (χ1v) is 7.76. The van der Waals surface area contributed by atoms with E-state index in [1.807, 2.05) is 4.90 Å². The smallest absolute Gasteiger partial charge is 0.260 e. The van der Waals surface area contributed by atoms with Gasteiger partial charge in [-0.25, -0.2) is 0 Å². The zero-order chi connectivity index (χ0) is 15.1. The van der Waals surface area contributed by atoms with Crippen molar-refractivity contribution in [2.75, 3.05) is 26.5 Å². The molecule has 1 aromatic rings. The Morgan fingerprint density at radius 2 is 2.09 bits per heavy atom. The summed E-state index contributed by atoms with van der Waals surface area (Å²) in [6, 6.07) is 5.43. The van der Waals surface area contributed by atoms with Crippen LogP contribution in [-0.2, 0) is 4.79 Å². The van der Waals surface area contributed by atoms with E-state index in [1.165, 1.54) is 12.8 Å². The first-order valence-electron chi connectivity index (χ1n) is 7.76. The number of amides is 1. The summed E-state index contributed by atoms with van der Waals surface area (Å²) in [4.78, 5) is 14.1. The van der Waals surface area contributed by atoms with Crippen LogP contribution >= 0.6 is 0 Å². The zero-order valence-electron chi connectivity index (χ0n) is 12.4. The predicted octanol–water partition coefficient (Wildman–Crippen LogP) is 0.990. The first-order chi connectivity index (χ1) is 10.7. The van der Waals surface area contributed by atoms with Crippen molar-refractivity contribution in [1.82, 2.24) is 4.90 Å². The second kappa shape index (κ2) is 5.35. The SMILES string of the molecule is N[C@@H]1CN(C(=O)COc2ccc3c(c2)OCO3)C[C@H]1C1CC1. The summed E-state index contributed by atoms with van der Waals surface area (Å²) in [7, 11) is 0. The molecule has 6 heteroatoms. The van der Waals surface area contributed by atoms with Crippen LogP contribution in [0.1, 0.15) is 12.8 Å². The second-order valence-corrected chi connectivity index (χ2v) is 6.27. The molecule has 0 aromatic heterocycles. The molecular formula is C16H20N2O4. The third kappa shape index (κ3) is 2.59. The molecule has 4 rings (SSSR count). The quantitative estimate of drug-likeness (QED) is 0.898. The third-order valence-electron chi connectivity index (χ3n) is 4.70. The first kappa shape index (κ1) is 13.7. The monoisotopic (exact) mass is 304 g/mol. The summed E-state index contributed by atoms with van der Waals surface area (Å²) in [5.74, 6) is 3.16. The van der Waals surface area contributed by atoms with Gasteiger partial charge in [-0.1, -0.05) is 0 Å². The van der Waals surface area contributed by atoms with Gasteiger partial charge in [-0.15, -0.1) is 0 Å². The van der Waals surface area contributed by atoms with Crippen molar-refractivity contribution in [2.24, 2.45) is 17.6 Å². The Morgan fingerprint density at radius 3 is 2.91 bits per heavy atom. The zero-order valence-corrected chi connectivity index (χ0v) is 12.4. The van der Waals surface area contributed by atoms with Gasteiger partial charge in [0.05, 0.1) is 0 Å². The highest BCUT2D eigenvalue weighted by Crippen LogP contribution is 2.41. The number of carbonyl (C=O) groups is 1. The fourth-order valence-electron chi connectivity index (χ4n) is 3.28. The van der Waals surface area contributed by atoms with Gasteiger partial charge in [0, 0.05) is 25.2 Å². The number of rotatable bonds is 4. The molecule has 1 saturated carbocycles. The van der Waals surface area contributed by atoms with E-state index in [2.05, 4.69) is 0 Å². The van der Waals surface area contributed by atoms with Crippen molar-refractivity contribution >= 4 is 5.91 Å². The molecule has 0 radical (unpaired) electrons. The number of hydrogen-bond donors (Lipinski definition) is 1. The number of nitrogens with two attached hydrogens (primary N) is 1. The molecule has 1 amide bonds. The largest absolute Gasteiger partial charge is 0.484 e. The molecule has 22 heavy (non-hydrogen) atoms. The summed E-state index contributed by atoms with van der Waals surface area (Å²) >= 11 is 0. The van der Waals surface area contributed by atoms with E-state index in [1.54, 1.807) is 18.2 Å². The fourth-order valence-corrected chi connectivity index (χ4v) is 3.28. The lowest BCUT2D eigenvalue weighted by Gasteiger charge is -2.16. The molecule has 2 atom stereocenters. The van der Waals surface area contributed by atoms with Crippen molar-refractivity contribution in [3.63, 3.8) is 0 Å². The summed E-state index contributed by atoms with van der Waals surface area (Å²) in [6.45, 7) is 1.68. The number of hydrogen-bond acceptors (Lipinski definition) is 5. The number of benzene rings is 1. The highest BCUT2D eigenvalue weighted by molar-refractivity contribution is 5.78. The van der Waals surface area contributed by atoms with Crippen LogP contribution < -0.4 is 19.9 Å². The van der Waals surface area contributed by atoms with E-state index in [9.17, 15) is 4.79 Å². The van der Waals surface area contributed by atoms with E-state index in [0.717, 1.165) is 12.5 Å². The molecule has 1 aliphatic carbocycles. The van der Waals surface area contributed by atoms with Crippen LogP contribution in [0.3, 0.4) is 0 Å². The lowest BCUT2D eigenvalue weighted by molar-refractivity contribution is -0.132. The maximum atomic E-state index is 12.3. The number of ether oxygens (including phenoxy) is 3. The molecule has 2 fully saturated rings. The Balaban J connectivity index is 1.33. The van der Waals surface area contributed by atoms with Crippen molar-refractivity contribution in [2.45, 2.75) is 18.9 Å². The van der Waals surface area contributed by atoms with Gasteiger partial charge in [-0.05, 0) is 36.8 Å². The number of carbonyl (C=O) groups excluding carboxylic acids is 1. The minimum Gasteiger partial charge on any atom is -0.484 e. The van der Waals surface area contributed by atoms with Gasteiger partial charge in [0.25, 0.3) is 5.91 Å². The van der Waals surface area contributed by atoms with Crippen molar-refractivity contribution in [1.29, 1.82) is 0 Å². The molecule has 0 bridgehead atoms. The predicted molar refractivity (Wildman–Crippen MR) is 78.8 cm³/mol. The molecule has 2 aliphatic heterocycles. The molecule has 2 N–H and O–H groups in total. The van der Waals surface area contributed by atoms with E-state index in [4.69, 9.17) is 19.9 Å². The minimum absolute atomic E-state index is 0.00346. The number of likely N-dealkylation sites (tertiary alicyclic amines) is 1. The number of nitrogens with zero attached hydrogens (tertiary/aromatic N) is 1. The standard InChI is InChI=1S/C16H20N2O4/c17-13-7-18(6-12(13)10-1-2-10)16(19)8-20-11-3-4-14-15(5-11)22-9-21-14/h3-5,10,12-13H,1-2,6-9,17H2/t12-,13+/m0/s1. The van der Waals surface area contributed by atoms with Crippen LogP contribution in [0.5, 0.6) is 17.2 Å². The van der Waals surface area contributed by atoms with Gasteiger partial charge < -0.3 is 24.8 Å². The maximum Gasteiger partial charge on any atom is 0.260 e. The molecule has 2 heterocycles.